The molecule has 0 spiro atoms. The van der Waals surface area contributed by atoms with Crippen LogP contribution in [0, 0.1) is 5.92 Å². The number of amides is 1. The number of hydrogen-bond donors (Lipinski definition) is 1. The molecule has 1 N–H and O–H groups in total. The monoisotopic (exact) mass is 336 g/mol. The second-order valence-electron chi connectivity index (χ2n) is 7.60. The normalized spacial score (nSPS) is 13.0. The van der Waals surface area contributed by atoms with Crippen molar-refractivity contribution in [3.05, 3.63) is 71.3 Å². The van der Waals surface area contributed by atoms with Crippen molar-refractivity contribution < 1.29 is 4.79 Å². The van der Waals surface area contributed by atoms with Crippen molar-refractivity contribution >= 4 is 12.1 Å². The molecule has 0 aromatic heterocycles. The maximum atomic E-state index is 11.9. The third kappa shape index (κ3) is 6.54. The van der Waals surface area contributed by atoms with E-state index in [9.17, 15) is 4.79 Å². The van der Waals surface area contributed by atoms with Crippen LogP contribution in [0.1, 0.15) is 44.4 Å². The minimum atomic E-state index is -0.0934. The van der Waals surface area contributed by atoms with Gasteiger partial charge in [0.2, 0.25) is 5.91 Å². The second-order valence-corrected chi connectivity index (χ2v) is 7.60. The van der Waals surface area contributed by atoms with Gasteiger partial charge in [-0.25, -0.2) is 5.43 Å². The Bertz CT molecular complexity index is 697. The summed E-state index contributed by atoms with van der Waals surface area (Å²) in [6.45, 7) is 8.75. The summed E-state index contributed by atoms with van der Waals surface area (Å²) in [5, 5.41) is 4.10. The second kappa shape index (κ2) is 8.61. The summed E-state index contributed by atoms with van der Waals surface area (Å²) in [5.74, 6) is 0.168. The number of hydrazone groups is 1. The molecule has 1 amide bonds. The molecule has 2 rings (SSSR count). The molecular weight excluding hydrogens is 308 g/mol. The van der Waals surface area contributed by atoms with Crippen LogP contribution in [0.15, 0.2) is 59.7 Å². The lowest BCUT2D eigenvalue weighted by molar-refractivity contribution is -0.120. The van der Waals surface area contributed by atoms with E-state index in [1.54, 1.807) is 6.21 Å². The number of hydrogen-bond acceptors (Lipinski definition) is 2. The number of benzene rings is 2. The Morgan fingerprint density at radius 1 is 1.04 bits per heavy atom. The highest BCUT2D eigenvalue weighted by Gasteiger charge is 2.13. The van der Waals surface area contributed by atoms with Crippen LogP contribution >= 0.6 is 0 Å². The largest absolute Gasteiger partial charge is 0.273 e. The number of nitrogens with one attached hydrogen (secondary N) is 1. The van der Waals surface area contributed by atoms with E-state index >= 15 is 0 Å². The van der Waals surface area contributed by atoms with Gasteiger partial charge in [-0.3, -0.25) is 4.79 Å². The summed E-state index contributed by atoms with van der Waals surface area (Å²) in [6, 6.07) is 18.4. The lowest BCUT2D eigenvalue weighted by Crippen LogP contribution is -2.20. The Morgan fingerprint density at radius 2 is 1.68 bits per heavy atom. The van der Waals surface area contributed by atoms with Crippen molar-refractivity contribution in [2.24, 2.45) is 11.0 Å². The molecule has 0 heterocycles. The standard InChI is InChI=1S/C22H28N2O/c1-17(14-19-10-12-20(13-11-19)22(2,3)4)16-23-24-21(25)15-18-8-6-5-7-9-18/h5-13,16-17H,14-15H2,1-4H3,(H,24,25)/t17-/m0/s1. The number of nitrogens with zero attached hydrogens (tertiary/aromatic N) is 1. The van der Waals surface area contributed by atoms with Gasteiger partial charge < -0.3 is 0 Å². The van der Waals surface area contributed by atoms with Gasteiger partial charge in [-0.15, -0.1) is 0 Å². The van der Waals surface area contributed by atoms with Crippen molar-refractivity contribution in [1.29, 1.82) is 0 Å². The molecule has 25 heavy (non-hydrogen) atoms. The molecule has 0 aliphatic carbocycles. The van der Waals surface area contributed by atoms with E-state index in [4.69, 9.17) is 0 Å². The van der Waals surface area contributed by atoms with Gasteiger partial charge in [-0.2, -0.15) is 5.10 Å². The van der Waals surface area contributed by atoms with Crippen molar-refractivity contribution in [2.75, 3.05) is 0 Å². The highest BCUT2D eigenvalue weighted by Crippen LogP contribution is 2.22. The Kier molecular flexibility index (Phi) is 6.51. The minimum Gasteiger partial charge on any atom is -0.273 e. The van der Waals surface area contributed by atoms with Crippen LogP contribution in [0.5, 0.6) is 0 Å². The first-order chi connectivity index (χ1) is 11.8. The SMILES string of the molecule is C[C@H](C=NNC(=O)Cc1ccccc1)Cc1ccc(C(C)(C)C)cc1. The highest BCUT2D eigenvalue weighted by molar-refractivity contribution is 5.79. The Hall–Kier alpha value is -2.42. The minimum absolute atomic E-state index is 0.0934. The number of carbonyl (C=O) groups is 1. The van der Waals surface area contributed by atoms with Gasteiger partial charge in [0.15, 0.2) is 0 Å². The first-order valence-electron chi connectivity index (χ1n) is 8.80. The smallest absolute Gasteiger partial charge is 0.244 e. The lowest BCUT2D eigenvalue weighted by atomic mass is 9.86. The van der Waals surface area contributed by atoms with E-state index in [-0.39, 0.29) is 17.2 Å². The Morgan fingerprint density at radius 3 is 2.28 bits per heavy atom. The molecule has 3 heteroatoms. The molecule has 2 aromatic carbocycles. The fraction of sp³-hybridized carbons (Fsp3) is 0.364. The summed E-state index contributed by atoms with van der Waals surface area (Å²) in [5.41, 5.74) is 6.39. The van der Waals surface area contributed by atoms with E-state index in [1.807, 2.05) is 30.3 Å². The molecule has 3 nitrogen and oxygen atoms in total. The Balaban J connectivity index is 1.80. The van der Waals surface area contributed by atoms with Crippen LogP contribution in [0.25, 0.3) is 0 Å². The molecule has 0 fully saturated rings. The predicted octanol–water partition coefficient (Wildman–Crippen LogP) is 4.51. The molecule has 0 radical (unpaired) electrons. The molecule has 0 saturated carbocycles. The number of carbonyl (C=O) groups excluding carboxylic acids is 1. The maximum Gasteiger partial charge on any atom is 0.244 e. The van der Waals surface area contributed by atoms with Gasteiger partial charge in [-0.05, 0) is 34.4 Å². The molecule has 0 aliphatic heterocycles. The van der Waals surface area contributed by atoms with Crippen molar-refractivity contribution in [3.63, 3.8) is 0 Å². The third-order valence-electron chi connectivity index (χ3n) is 4.10. The fourth-order valence-corrected chi connectivity index (χ4v) is 2.62. The zero-order chi connectivity index (χ0) is 18.3. The van der Waals surface area contributed by atoms with Crippen LogP contribution < -0.4 is 5.43 Å². The first kappa shape index (κ1) is 18.9. The van der Waals surface area contributed by atoms with E-state index in [2.05, 4.69) is 62.5 Å². The Labute approximate surface area is 151 Å². The van der Waals surface area contributed by atoms with Gasteiger partial charge in [0.1, 0.15) is 0 Å². The number of rotatable bonds is 6. The van der Waals surface area contributed by atoms with Gasteiger partial charge >= 0.3 is 0 Å². The van der Waals surface area contributed by atoms with E-state index in [0.29, 0.717) is 6.42 Å². The lowest BCUT2D eigenvalue weighted by Gasteiger charge is -2.19. The van der Waals surface area contributed by atoms with Crippen molar-refractivity contribution in [2.45, 2.75) is 46.0 Å². The molecule has 0 unspecified atom stereocenters. The van der Waals surface area contributed by atoms with Crippen LogP contribution in [0.2, 0.25) is 0 Å². The highest BCUT2D eigenvalue weighted by atomic mass is 16.2. The molecule has 0 aliphatic rings. The molecular formula is C22H28N2O. The molecule has 132 valence electrons. The summed E-state index contributed by atoms with van der Waals surface area (Å²) >= 11 is 0. The van der Waals surface area contributed by atoms with E-state index < -0.39 is 0 Å². The van der Waals surface area contributed by atoms with E-state index in [1.165, 1.54) is 11.1 Å². The third-order valence-corrected chi connectivity index (χ3v) is 4.10. The molecule has 1 atom stereocenters. The topological polar surface area (TPSA) is 41.5 Å². The van der Waals surface area contributed by atoms with Gasteiger partial charge in [0.05, 0.1) is 6.42 Å². The van der Waals surface area contributed by atoms with Crippen molar-refractivity contribution in [1.82, 2.24) is 5.43 Å². The maximum absolute atomic E-state index is 11.9. The molecule has 0 bridgehead atoms. The van der Waals surface area contributed by atoms with Crippen LogP contribution in [0.3, 0.4) is 0 Å². The predicted molar refractivity (Wildman–Crippen MR) is 105 cm³/mol. The van der Waals surface area contributed by atoms with Crippen LogP contribution in [-0.4, -0.2) is 12.1 Å². The fourth-order valence-electron chi connectivity index (χ4n) is 2.62. The van der Waals surface area contributed by atoms with Crippen LogP contribution in [-0.2, 0) is 23.1 Å². The van der Waals surface area contributed by atoms with Crippen molar-refractivity contribution in [3.8, 4) is 0 Å². The average Bonchev–Trinajstić information content (AvgIpc) is 2.55. The van der Waals surface area contributed by atoms with Gasteiger partial charge in [0, 0.05) is 6.21 Å². The van der Waals surface area contributed by atoms with Gasteiger partial charge in [-0.1, -0.05) is 82.3 Å². The summed E-state index contributed by atoms with van der Waals surface area (Å²) < 4.78 is 0. The van der Waals surface area contributed by atoms with Crippen LogP contribution in [0.4, 0.5) is 0 Å². The summed E-state index contributed by atoms with van der Waals surface area (Å²) in [4.78, 5) is 11.9. The first-order valence-corrected chi connectivity index (χ1v) is 8.80. The zero-order valence-corrected chi connectivity index (χ0v) is 15.6. The quantitative estimate of drug-likeness (QED) is 0.612. The van der Waals surface area contributed by atoms with E-state index in [0.717, 1.165) is 12.0 Å². The molecule has 2 aromatic rings. The average molecular weight is 336 g/mol. The summed E-state index contributed by atoms with van der Waals surface area (Å²) in [7, 11) is 0. The molecule has 0 saturated heterocycles. The summed E-state index contributed by atoms with van der Waals surface area (Å²) in [6.07, 6.45) is 3.06. The van der Waals surface area contributed by atoms with Gasteiger partial charge in [0.25, 0.3) is 0 Å². The zero-order valence-electron chi connectivity index (χ0n) is 15.6.